The van der Waals surface area contributed by atoms with E-state index in [0.29, 0.717) is 18.1 Å². The number of carbonyl (C=O) groups is 1. The van der Waals surface area contributed by atoms with Crippen LogP contribution >= 0.6 is 11.6 Å². The van der Waals surface area contributed by atoms with Crippen molar-refractivity contribution in [2.24, 2.45) is 0 Å². The van der Waals surface area contributed by atoms with Crippen LogP contribution in [0.1, 0.15) is 24.2 Å². The highest BCUT2D eigenvalue weighted by atomic mass is 35.5. The van der Waals surface area contributed by atoms with E-state index in [2.05, 4.69) is 0 Å². The van der Waals surface area contributed by atoms with Crippen molar-refractivity contribution in [1.29, 1.82) is 0 Å². The van der Waals surface area contributed by atoms with Crippen LogP contribution in [-0.4, -0.2) is 17.4 Å². The molecule has 0 N–H and O–H groups in total. The molecule has 1 amide bonds. The lowest BCUT2D eigenvalue weighted by Gasteiger charge is -2.23. The van der Waals surface area contributed by atoms with E-state index in [1.807, 2.05) is 48.5 Å². The van der Waals surface area contributed by atoms with Crippen molar-refractivity contribution < 1.29 is 9.53 Å². The van der Waals surface area contributed by atoms with Crippen LogP contribution in [0.25, 0.3) is 0 Å². The van der Waals surface area contributed by atoms with E-state index in [0.717, 1.165) is 16.9 Å². The fourth-order valence-corrected chi connectivity index (χ4v) is 2.72. The van der Waals surface area contributed by atoms with Crippen LogP contribution < -0.4 is 4.74 Å². The summed E-state index contributed by atoms with van der Waals surface area (Å²) in [5.41, 5.74) is 2.00. The first kappa shape index (κ1) is 14.0. The Balaban J connectivity index is 2.00. The second kappa shape index (κ2) is 5.78. The molecule has 0 bridgehead atoms. The Morgan fingerprint density at radius 2 is 2.00 bits per heavy atom. The first-order valence-electron chi connectivity index (χ1n) is 6.89. The quantitative estimate of drug-likeness (QED) is 0.801. The van der Waals surface area contributed by atoms with Gasteiger partial charge in [0.15, 0.2) is 0 Å². The molecule has 21 heavy (non-hydrogen) atoms. The largest absolute Gasteiger partial charge is 0.484 e. The predicted molar refractivity (Wildman–Crippen MR) is 82.4 cm³/mol. The van der Waals surface area contributed by atoms with Gasteiger partial charge in [0, 0.05) is 24.1 Å². The lowest BCUT2D eigenvalue weighted by Crippen LogP contribution is -2.32. The van der Waals surface area contributed by atoms with Crippen LogP contribution in [0.4, 0.5) is 0 Å². The maximum atomic E-state index is 11.9. The van der Waals surface area contributed by atoms with Gasteiger partial charge in [-0.15, -0.1) is 0 Å². The van der Waals surface area contributed by atoms with E-state index in [-0.39, 0.29) is 12.0 Å². The Labute approximate surface area is 129 Å². The molecule has 0 fully saturated rings. The second-order valence-corrected chi connectivity index (χ2v) is 5.61. The van der Waals surface area contributed by atoms with Crippen molar-refractivity contribution in [2.45, 2.75) is 19.6 Å². The van der Waals surface area contributed by atoms with Crippen molar-refractivity contribution in [3.63, 3.8) is 0 Å². The Hall–Kier alpha value is -2.00. The molecule has 1 aliphatic rings. The number of amides is 1. The number of halogens is 1. The van der Waals surface area contributed by atoms with Crippen LogP contribution in [0.15, 0.2) is 48.5 Å². The number of ether oxygens (including phenoxy) is 1. The number of benzene rings is 2. The maximum absolute atomic E-state index is 11.9. The van der Waals surface area contributed by atoms with Gasteiger partial charge in [-0.1, -0.05) is 41.9 Å². The second-order valence-electron chi connectivity index (χ2n) is 5.17. The van der Waals surface area contributed by atoms with Crippen molar-refractivity contribution in [3.8, 4) is 5.75 Å². The monoisotopic (exact) mass is 301 g/mol. The minimum absolute atomic E-state index is 0.0346. The van der Waals surface area contributed by atoms with Crippen LogP contribution in [0, 0.1) is 0 Å². The Kier molecular flexibility index (Phi) is 3.84. The van der Waals surface area contributed by atoms with Crippen molar-refractivity contribution >= 4 is 17.5 Å². The van der Waals surface area contributed by atoms with Gasteiger partial charge >= 0.3 is 0 Å². The van der Waals surface area contributed by atoms with Gasteiger partial charge in [-0.2, -0.15) is 0 Å². The molecule has 0 saturated carbocycles. The highest BCUT2D eigenvalue weighted by Crippen LogP contribution is 2.32. The SMILES string of the molecule is CC(=O)N1Cc2cc(Cl)ccc2OC(c2ccccc2)C1. The topological polar surface area (TPSA) is 29.5 Å². The third-order valence-electron chi connectivity index (χ3n) is 3.66. The summed E-state index contributed by atoms with van der Waals surface area (Å²) in [6.07, 6.45) is -0.169. The number of rotatable bonds is 1. The van der Waals surface area contributed by atoms with Gasteiger partial charge in [-0.25, -0.2) is 0 Å². The normalized spacial score (nSPS) is 17.6. The van der Waals surface area contributed by atoms with Gasteiger partial charge < -0.3 is 9.64 Å². The molecule has 1 atom stereocenters. The molecule has 3 rings (SSSR count). The summed E-state index contributed by atoms with van der Waals surface area (Å²) in [5, 5.41) is 0.652. The van der Waals surface area contributed by atoms with Crippen molar-refractivity contribution in [2.75, 3.05) is 6.54 Å². The van der Waals surface area contributed by atoms with E-state index >= 15 is 0 Å². The fourth-order valence-electron chi connectivity index (χ4n) is 2.53. The molecule has 4 heteroatoms. The van der Waals surface area contributed by atoms with Gasteiger partial charge in [0.2, 0.25) is 5.91 Å². The first-order chi connectivity index (χ1) is 10.1. The third kappa shape index (κ3) is 3.03. The van der Waals surface area contributed by atoms with E-state index < -0.39 is 0 Å². The van der Waals surface area contributed by atoms with Crippen LogP contribution in [0.5, 0.6) is 5.75 Å². The van der Waals surface area contributed by atoms with Gasteiger partial charge in [-0.05, 0) is 23.8 Å². The van der Waals surface area contributed by atoms with Crippen molar-refractivity contribution in [1.82, 2.24) is 4.90 Å². The standard InChI is InChI=1S/C17H16ClNO2/c1-12(20)19-10-14-9-15(18)7-8-16(14)21-17(11-19)13-5-3-2-4-6-13/h2-9,17H,10-11H2,1H3. The fraction of sp³-hybridized carbons (Fsp3) is 0.235. The average molecular weight is 302 g/mol. The molecule has 2 aromatic rings. The summed E-state index contributed by atoms with van der Waals surface area (Å²) in [4.78, 5) is 13.7. The van der Waals surface area contributed by atoms with Crippen LogP contribution in [-0.2, 0) is 11.3 Å². The van der Waals surface area contributed by atoms with Gasteiger partial charge in [0.1, 0.15) is 11.9 Å². The molecule has 0 radical (unpaired) electrons. The predicted octanol–water partition coefficient (Wildman–Crippen LogP) is 3.82. The molecule has 0 aromatic heterocycles. The molecule has 1 unspecified atom stereocenters. The molecule has 2 aromatic carbocycles. The Morgan fingerprint density at radius 3 is 2.71 bits per heavy atom. The summed E-state index contributed by atoms with van der Waals surface area (Å²) >= 11 is 6.05. The number of hydrogen-bond acceptors (Lipinski definition) is 2. The van der Waals surface area contributed by atoms with Gasteiger partial charge in [0.25, 0.3) is 0 Å². The summed E-state index contributed by atoms with van der Waals surface area (Å²) in [6, 6.07) is 15.5. The lowest BCUT2D eigenvalue weighted by atomic mass is 10.1. The molecular formula is C17H16ClNO2. The zero-order chi connectivity index (χ0) is 14.8. The van der Waals surface area contributed by atoms with E-state index in [1.54, 1.807) is 11.8 Å². The number of hydrogen-bond donors (Lipinski definition) is 0. The zero-order valence-electron chi connectivity index (χ0n) is 11.8. The average Bonchev–Trinajstić information content (AvgIpc) is 2.67. The van der Waals surface area contributed by atoms with E-state index in [4.69, 9.17) is 16.3 Å². The zero-order valence-corrected chi connectivity index (χ0v) is 12.5. The van der Waals surface area contributed by atoms with Crippen LogP contribution in [0.2, 0.25) is 5.02 Å². The van der Waals surface area contributed by atoms with Gasteiger partial charge in [0.05, 0.1) is 6.54 Å². The minimum Gasteiger partial charge on any atom is -0.484 e. The Morgan fingerprint density at radius 1 is 1.24 bits per heavy atom. The molecule has 3 nitrogen and oxygen atoms in total. The number of fused-ring (bicyclic) bond motifs is 1. The number of nitrogens with zero attached hydrogens (tertiary/aromatic N) is 1. The Bertz CT molecular complexity index is 657. The van der Waals surface area contributed by atoms with Crippen LogP contribution in [0.3, 0.4) is 0 Å². The summed E-state index contributed by atoms with van der Waals surface area (Å²) in [7, 11) is 0. The van der Waals surface area contributed by atoms with Gasteiger partial charge in [-0.3, -0.25) is 4.79 Å². The molecule has 1 heterocycles. The lowest BCUT2D eigenvalue weighted by molar-refractivity contribution is -0.130. The van der Waals surface area contributed by atoms with E-state index in [9.17, 15) is 4.79 Å². The molecular weight excluding hydrogens is 286 g/mol. The molecule has 0 aliphatic carbocycles. The highest BCUT2D eigenvalue weighted by molar-refractivity contribution is 6.30. The summed E-state index contributed by atoms with van der Waals surface area (Å²) in [6.45, 7) is 2.64. The third-order valence-corrected chi connectivity index (χ3v) is 3.89. The highest BCUT2D eigenvalue weighted by Gasteiger charge is 2.25. The maximum Gasteiger partial charge on any atom is 0.219 e. The summed E-state index contributed by atoms with van der Waals surface area (Å²) in [5.74, 6) is 0.823. The molecule has 108 valence electrons. The molecule has 1 aliphatic heterocycles. The summed E-state index contributed by atoms with van der Waals surface area (Å²) < 4.78 is 6.13. The number of carbonyl (C=O) groups excluding carboxylic acids is 1. The molecule has 0 saturated heterocycles. The smallest absolute Gasteiger partial charge is 0.219 e. The minimum atomic E-state index is -0.169. The first-order valence-corrected chi connectivity index (χ1v) is 7.27. The van der Waals surface area contributed by atoms with E-state index in [1.165, 1.54) is 0 Å². The van der Waals surface area contributed by atoms with Crippen molar-refractivity contribution in [3.05, 3.63) is 64.7 Å². The molecule has 0 spiro atoms.